The van der Waals surface area contributed by atoms with Gasteiger partial charge in [-0.05, 0) is 25.3 Å². The number of aryl methyl sites for hydroxylation is 1. The molecule has 4 rings (SSSR count). The van der Waals surface area contributed by atoms with Crippen molar-refractivity contribution >= 4 is 40.3 Å². The van der Waals surface area contributed by atoms with Crippen LogP contribution in [0.4, 0.5) is 0 Å². The minimum Gasteiger partial charge on any atom is -0.426 e. The predicted octanol–water partition coefficient (Wildman–Crippen LogP) is 3.21. The van der Waals surface area contributed by atoms with Crippen molar-refractivity contribution in [2.45, 2.75) is 44.4 Å². The monoisotopic (exact) mass is 454 g/mol. The maximum absolute atomic E-state index is 12.1. The van der Waals surface area contributed by atoms with Gasteiger partial charge >= 0.3 is 14.3 Å². The number of aromatic nitrogens is 2. The number of aliphatic hydroxyl groups is 1. The molecule has 4 atom stereocenters. The van der Waals surface area contributed by atoms with E-state index in [0.717, 1.165) is 11.1 Å². The summed E-state index contributed by atoms with van der Waals surface area (Å²) in [5.74, 6) is 0.659. The second-order valence-corrected chi connectivity index (χ2v) is 8.68. The van der Waals surface area contributed by atoms with Crippen molar-refractivity contribution in [1.29, 1.82) is 0 Å². The van der Waals surface area contributed by atoms with E-state index in [1.165, 1.54) is 10.8 Å². The molecule has 12 heteroatoms. The third-order valence-electron chi connectivity index (χ3n) is 4.70. The molecule has 1 aromatic carbocycles. The maximum Gasteiger partial charge on any atom is 0.399 e. The number of nitrogens with one attached hydrogen (secondary N) is 1. The second-order valence-electron chi connectivity index (χ2n) is 6.79. The molecule has 29 heavy (non-hydrogen) atoms. The summed E-state index contributed by atoms with van der Waals surface area (Å²) in [6, 6.07) is 5.71. The predicted molar refractivity (Wildman–Crippen MR) is 109 cm³/mol. The van der Waals surface area contributed by atoms with Gasteiger partial charge in [-0.1, -0.05) is 42.0 Å². The fraction of sp³-hybridized carbons (Fsp3) is 0.412. The minimum absolute atomic E-state index is 0.145. The highest BCUT2D eigenvalue weighted by Crippen LogP contribution is 2.51. The van der Waals surface area contributed by atoms with Crippen molar-refractivity contribution in [3.05, 3.63) is 55.7 Å². The molecule has 0 saturated carbocycles. The van der Waals surface area contributed by atoms with Crippen LogP contribution in [-0.4, -0.2) is 34.3 Å². The smallest absolute Gasteiger partial charge is 0.399 e. The Balaban J connectivity index is 1.45. The van der Waals surface area contributed by atoms with Crippen molar-refractivity contribution in [3.63, 3.8) is 0 Å². The molecule has 152 valence electrons. The molecule has 1 fully saturated rings. The number of hydrogen-bond acceptors (Lipinski definition) is 7. The highest BCUT2D eigenvalue weighted by molar-refractivity contribution is 7.71. The third-order valence-corrected chi connectivity index (χ3v) is 6.53. The molecule has 3 heterocycles. The summed E-state index contributed by atoms with van der Waals surface area (Å²) in [6.07, 6.45) is 0.559. The highest BCUT2D eigenvalue weighted by atomic mass is 35.5. The third kappa shape index (κ3) is 4.30. The fourth-order valence-electron chi connectivity index (χ4n) is 3.21. The van der Waals surface area contributed by atoms with E-state index >= 15 is 0 Å². The lowest BCUT2D eigenvalue weighted by atomic mass is 9.88. The molecule has 0 spiro atoms. The number of para-hydroxylation sites is 1. The van der Waals surface area contributed by atoms with Crippen molar-refractivity contribution in [2.75, 3.05) is 0 Å². The van der Waals surface area contributed by atoms with Crippen molar-refractivity contribution in [1.82, 2.24) is 9.55 Å². The molecule has 0 bridgehead atoms. The summed E-state index contributed by atoms with van der Waals surface area (Å²) in [4.78, 5) is 14.6. The first-order valence-electron chi connectivity index (χ1n) is 8.81. The number of ether oxygens (including phenoxy) is 1. The van der Waals surface area contributed by atoms with Gasteiger partial charge in [-0.25, -0.2) is 4.79 Å². The quantitative estimate of drug-likeness (QED) is 0.317. The average Bonchev–Trinajstić information content (AvgIpc) is 3.16. The Morgan fingerprint density at radius 3 is 3.07 bits per heavy atom. The molecule has 2 N–H and O–H groups in total. The van der Waals surface area contributed by atoms with Crippen LogP contribution in [0.15, 0.2) is 29.2 Å². The molecule has 8 nitrogen and oxygen atoms in total. The van der Waals surface area contributed by atoms with Crippen molar-refractivity contribution in [3.8, 4) is 5.75 Å². The Hall–Kier alpha value is -1.26. The lowest BCUT2D eigenvalue weighted by Gasteiger charge is -2.34. The van der Waals surface area contributed by atoms with E-state index in [1.807, 2.05) is 25.1 Å². The summed E-state index contributed by atoms with van der Waals surface area (Å²) >= 11 is 10.9. The van der Waals surface area contributed by atoms with Gasteiger partial charge in [-0.15, -0.1) is 0 Å². The van der Waals surface area contributed by atoms with E-state index in [0.29, 0.717) is 18.6 Å². The Morgan fingerprint density at radius 2 is 2.28 bits per heavy atom. The van der Waals surface area contributed by atoms with Crippen LogP contribution >= 0.6 is 32.4 Å². The number of benzene rings is 1. The van der Waals surface area contributed by atoms with E-state index in [-0.39, 0.29) is 16.3 Å². The zero-order valence-corrected chi connectivity index (χ0v) is 17.8. The number of nitrogens with zero attached hydrogens (tertiary/aromatic N) is 1. The van der Waals surface area contributed by atoms with Crippen LogP contribution in [0, 0.1) is 11.6 Å². The molecule has 2 aliphatic heterocycles. The largest absolute Gasteiger partial charge is 0.426 e. The molecule has 4 unspecified atom stereocenters. The first kappa shape index (κ1) is 21.0. The normalized spacial score (nSPS) is 25.8. The Labute approximate surface area is 179 Å². The van der Waals surface area contributed by atoms with Crippen LogP contribution in [0.3, 0.4) is 0 Å². The van der Waals surface area contributed by atoms with Gasteiger partial charge in [-0.3, -0.25) is 18.6 Å². The van der Waals surface area contributed by atoms with Gasteiger partial charge in [0.05, 0.1) is 11.6 Å². The lowest BCUT2D eigenvalue weighted by molar-refractivity contribution is -0.172. The number of aromatic amines is 1. The molecule has 2 aromatic rings. The van der Waals surface area contributed by atoms with Crippen LogP contribution in [0.1, 0.15) is 30.2 Å². The fourth-order valence-corrected chi connectivity index (χ4v) is 4.65. The summed E-state index contributed by atoms with van der Waals surface area (Å²) < 4.78 is 24.0. The number of halogens is 1. The van der Waals surface area contributed by atoms with Gasteiger partial charge in [0.1, 0.15) is 22.7 Å². The van der Waals surface area contributed by atoms with Crippen molar-refractivity contribution < 1.29 is 23.4 Å². The molecular weight excluding hydrogens is 438 g/mol. The van der Waals surface area contributed by atoms with Gasteiger partial charge in [0, 0.05) is 11.8 Å². The molecule has 1 saturated heterocycles. The summed E-state index contributed by atoms with van der Waals surface area (Å²) in [5, 5.41) is 10.9. The van der Waals surface area contributed by atoms with E-state index in [2.05, 4.69) is 4.98 Å². The van der Waals surface area contributed by atoms with Gasteiger partial charge in [0.2, 0.25) is 0 Å². The summed E-state index contributed by atoms with van der Waals surface area (Å²) in [5.41, 5.74) is -0.822. The molecule has 0 amide bonds. The molecule has 1 aromatic heterocycles. The van der Waals surface area contributed by atoms with Gasteiger partial charge in [-0.2, -0.15) is 0 Å². The first-order chi connectivity index (χ1) is 13.7. The van der Waals surface area contributed by atoms with Crippen LogP contribution < -0.4 is 10.2 Å². The molecular formula is C17H17BClN2O6PS. The average molecular weight is 455 g/mol. The zero-order chi connectivity index (χ0) is 20.8. The first-order valence-corrected chi connectivity index (χ1v) is 10.7. The zero-order valence-electron chi connectivity index (χ0n) is 15.3. The Kier molecular flexibility index (Phi) is 5.87. The van der Waals surface area contributed by atoms with Crippen LogP contribution in [-0.2, 0) is 20.4 Å². The summed E-state index contributed by atoms with van der Waals surface area (Å²) in [7, 11) is 4.04. The van der Waals surface area contributed by atoms with E-state index in [4.69, 9.17) is 50.0 Å². The topological polar surface area (TPSA) is 94.9 Å². The highest BCUT2D eigenvalue weighted by Gasteiger charge is 2.44. The van der Waals surface area contributed by atoms with Gasteiger partial charge in [0.15, 0.2) is 13.5 Å². The van der Waals surface area contributed by atoms with E-state index in [1.54, 1.807) is 0 Å². The van der Waals surface area contributed by atoms with Crippen LogP contribution in [0.25, 0.3) is 0 Å². The SMILES string of the molecule is [B]C(O)(OP1OCc2cccc(C)c2O1)C1CCC(n2cc(Cl)c(=S)[nH]c2=O)O1. The number of rotatable bonds is 4. The molecule has 2 aliphatic rings. The maximum atomic E-state index is 12.1. The van der Waals surface area contributed by atoms with E-state index in [9.17, 15) is 9.90 Å². The number of fused-ring (bicyclic) bond motifs is 1. The Bertz CT molecular complexity index is 1050. The van der Waals surface area contributed by atoms with Gasteiger partial charge in [0.25, 0.3) is 0 Å². The lowest BCUT2D eigenvalue weighted by Crippen LogP contribution is -2.45. The van der Waals surface area contributed by atoms with Crippen molar-refractivity contribution in [2.24, 2.45) is 0 Å². The van der Waals surface area contributed by atoms with Gasteiger partial charge < -0.3 is 14.4 Å². The van der Waals surface area contributed by atoms with Crippen LogP contribution in [0.2, 0.25) is 5.02 Å². The van der Waals surface area contributed by atoms with E-state index < -0.39 is 32.3 Å². The second kappa shape index (κ2) is 8.11. The number of H-pyrrole nitrogens is 1. The minimum atomic E-state index is -2.17. The van der Waals surface area contributed by atoms with Crippen LogP contribution in [0.5, 0.6) is 5.75 Å². The standard InChI is InChI=1S/C17H17BClN2O6PS/c1-9-3-2-4-10-8-24-28(26-14(9)10)27-17(18,23)12-5-6-13(25-12)21-7-11(19)15(29)20-16(21)22/h2-4,7,12-13,23H,5-6,8H2,1H3,(H,20,22,29). The summed E-state index contributed by atoms with van der Waals surface area (Å²) in [6.45, 7) is 2.19. The molecule has 0 aliphatic carbocycles. The number of hydrogen-bond donors (Lipinski definition) is 2. The Morgan fingerprint density at radius 1 is 1.48 bits per heavy atom. The molecule has 2 radical (unpaired) electrons.